The highest BCUT2D eigenvalue weighted by Crippen LogP contribution is 2.27. The quantitative estimate of drug-likeness (QED) is 0.894. The van der Waals surface area contributed by atoms with Gasteiger partial charge in [0.15, 0.2) is 0 Å². The molecule has 0 aliphatic carbocycles. The Kier molecular flexibility index (Phi) is 4.02. The Morgan fingerprint density at radius 1 is 1.47 bits per heavy atom. The zero-order valence-electron chi connectivity index (χ0n) is 9.67. The number of ether oxygens (including phenoxy) is 1. The highest BCUT2D eigenvalue weighted by atomic mass is 35.5. The number of likely N-dealkylation sites (N-methyl/N-ethyl adjacent to an activating group) is 1. The SMILES string of the molecule is CNC(C1=CCCCO1)c1ccc(Cl)c(F)c1. The van der Waals surface area contributed by atoms with Crippen LogP contribution in [0.15, 0.2) is 30.0 Å². The highest BCUT2D eigenvalue weighted by molar-refractivity contribution is 6.30. The van der Waals surface area contributed by atoms with Crippen LogP contribution in [0.5, 0.6) is 0 Å². The average Bonchev–Trinajstić information content (AvgIpc) is 2.36. The number of rotatable bonds is 3. The van der Waals surface area contributed by atoms with Crippen molar-refractivity contribution in [3.05, 3.63) is 46.4 Å². The first-order chi connectivity index (χ1) is 8.22. The van der Waals surface area contributed by atoms with E-state index in [1.165, 1.54) is 6.07 Å². The summed E-state index contributed by atoms with van der Waals surface area (Å²) in [5.41, 5.74) is 0.822. The molecule has 4 heteroatoms. The van der Waals surface area contributed by atoms with E-state index in [-0.39, 0.29) is 11.1 Å². The van der Waals surface area contributed by atoms with Crippen molar-refractivity contribution in [1.29, 1.82) is 0 Å². The van der Waals surface area contributed by atoms with Crippen molar-refractivity contribution in [2.45, 2.75) is 18.9 Å². The third kappa shape index (κ3) is 2.79. The zero-order chi connectivity index (χ0) is 12.3. The molecule has 1 aromatic carbocycles. The van der Waals surface area contributed by atoms with Crippen LogP contribution in [0.2, 0.25) is 5.02 Å². The molecular weight excluding hydrogens is 241 g/mol. The molecule has 0 spiro atoms. The predicted octanol–water partition coefficient (Wildman–Crippen LogP) is 3.43. The lowest BCUT2D eigenvalue weighted by Gasteiger charge is -2.23. The molecule has 92 valence electrons. The van der Waals surface area contributed by atoms with E-state index in [9.17, 15) is 4.39 Å². The summed E-state index contributed by atoms with van der Waals surface area (Å²) >= 11 is 5.67. The standard InChI is InChI=1S/C13H15ClFNO/c1-16-13(12-4-2-3-7-17-12)9-5-6-10(14)11(15)8-9/h4-6,8,13,16H,2-3,7H2,1H3. The van der Waals surface area contributed by atoms with E-state index in [0.717, 1.165) is 30.8 Å². The Morgan fingerprint density at radius 2 is 2.29 bits per heavy atom. The topological polar surface area (TPSA) is 21.3 Å². The van der Waals surface area contributed by atoms with Crippen LogP contribution in [0.3, 0.4) is 0 Å². The van der Waals surface area contributed by atoms with Crippen molar-refractivity contribution in [2.24, 2.45) is 0 Å². The third-order valence-electron chi connectivity index (χ3n) is 2.81. The number of hydrogen-bond donors (Lipinski definition) is 1. The molecule has 17 heavy (non-hydrogen) atoms. The molecule has 0 saturated carbocycles. The second kappa shape index (κ2) is 5.52. The molecule has 1 aliphatic rings. The van der Waals surface area contributed by atoms with Gasteiger partial charge in [-0.1, -0.05) is 17.7 Å². The van der Waals surface area contributed by atoms with Gasteiger partial charge < -0.3 is 10.1 Å². The van der Waals surface area contributed by atoms with Gasteiger partial charge in [0.25, 0.3) is 0 Å². The molecule has 1 aliphatic heterocycles. The molecule has 0 amide bonds. The van der Waals surface area contributed by atoms with E-state index >= 15 is 0 Å². The van der Waals surface area contributed by atoms with Gasteiger partial charge in [0.05, 0.1) is 17.7 Å². The Bertz CT molecular complexity index is 433. The molecule has 1 aromatic rings. The minimum atomic E-state index is -0.402. The minimum Gasteiger partial charge on any atom is -0.496 e. The van der Waals surface area contributed by atoms with Gasteiger partial charge in [0.1, 0.15) is 11.6 Å². The lowest BCUT2D eigenvalue weighted by Crippen LogP contribution is -2.22. The molecular formula is C13H15ClFNO. The van der Waals surface area contributed by atoms with Crippen LogP contribution < -0.4 is 5.32 Å². The average molecular weight is 256 g/mol. The van der Waals surface area contributed by atoms with Crippen LogP contribution in [0.1, 0.15) is 24.4 Å². The Labute approximate surface area is 105 Å². The van der Waals surface area contributed by atoms with Gasteiger partial charge in [-0.2, -0.15) is 0 Å². The van der Waals surface area contributed by atoms with Crippen LogP contribution in [0, 0.1) is 5.82 Å². The largest absolute Gasteiger partial charge is 0.496 e. The van der Waals surface area contributed by atoms with Crippen molar-refractivity contribution in [3.63, 3.8) is 0 Å². The van der Waals surface area contributed by atoms with E-state index in [1.54, 1.807) is 6.07 Å². The number of nitrogens with one attached hydrogen (secondary N) is 1. The number of allylic oxidation sites excluding steroid dienone is 1. The Hall–Kier alpha value is -1.06. The first kappa shape index (κ1) is 12.4. The Morgan fingerprint density at radius 3 is 2.88 bits per heavy atom. The van der Waals surface area contributed by atoms with Crippen molar-refractivity contribution >= 4 is 11.6 Å². The summed E-state index contributed by atoms with van der Waals surface area (Å²) in [6.07, 6.45) is 4.09. The monoisotopic (exact) mass is 255 g/mol. The first-order valence-corrected chi connectivity index (χ1v) is 6.05. The number of hydrogen-bond acceptors (Lipinski definition) is 2. The fraction of sp³-hybridized carbons (Fsp3) is 0.385. The smallest absolute Gasteiger partial charge is 0.142 e. The van der Waals surface area contributed by atoms with Crippen molar-refractivity contribution < 1.29 is 9.13 Å². The molecule has 0 fully saturated rings. The van der Waals surface area contributed by atoms with E-state index < -0.39 is 5.82 Å². The maximum atomic E-state index is 13.4. The number of halogens is 2. The van der Waals surface area contributed by atoms with Crippen LogP contribution in [0.25, 0.3) is 0 Å². The summed E-state index contributed by atoms with van der Waals surface area (Å²) in [4.78, 5) is 0. The molecule has 2 nitrogen and oxygen atoms in total. The highest BCUT2D eigenvalue weighted by Gasteiger charge is 2.19. The second-order valence-corrected chi connectivity index (χ2v) is 4.40. The van der Waals surface area contributed by atoms with E-state index in [4.69, 9.17) is 16.3 Å². The zero-order valence-corrected chi connectivity index (χ0v) is 10.4. The first-order valence-electron chi connectivity index (χ1n) is 5.67. The molecule has 1 N–H and O–H groups in total. The van der Waals surface area contributed by atoms with Gasteiger partial charge in [-0.3, -0.25) is 0 Å². The van der Waals surface area contributed by atoms with Gasteiger partial charge in [0.2, 0.25) is 0 Å². The summed E-state index contributed by atoms with van der Waals surface area (Å²) in [5, 5.41) is 3.27. The van der Waals surface area contributed by atoms with Crippen molar-refractivity contribution in [2.75, 3.05) is 13.7 Å². The van der Waals surface area contributed by atoms with Crippen LogP contribution in [-0.4, -0.2) is 13.7 Å². The van der Waals surface area contributed by atoms with Gasteiger partial charge in [-0.25, -0.2) is 4.39 Å². The second-order valence-electron chi connectivity index (χ2n) is 3.99. The normalized spacial score (nSPS) is 17.2. The molecule has 0 bridgehead atoms. The molecule has 1 heterocycles. The molecule has 0 saturated heterocycles. The lowest BCUT2D eigenvalue weighted by molar-refractivity contribution is 0.169. The maximum absolute atomic E-state index is 13.4. The summed E-state index contributed by atoms with van der Waals surface area (Å²) in [6.45, 7) is 0.722. The number of benzene rings is 1. The van der Waals surface area contributed by atoms with Gasteiger partial charge >= 0.3 is 0 Å². The fourth-order valence-corrected chi connectivity index (χ4v) is 2.06. The minimum absolute atomic E-state index is 0.109. The molecule has 2 rings (SSSR count). The predicted molar refractivity (Wildman–Crippen MR) is 66.5 cm³/mol. The molecule has 1 atom stereocenters. The van der Waals surface area contributed by atoms with Gasteiger partial charge in [-0.15, -0.1) is 0 Å². The molecule has 1 unspecified atom stereocenters. The molecule has 0 aromatic heterocycles. The summed E-state index contributed by atoms with van der Waals surface area (Å²) in [7, 11) is 1.83. The van der Waals surface area contributed by atoms with Gasteiger partial charge in [0, 0.05) is 0 Å². The van der Waals surface area contributed by atoms with Crippen LogP contribution >= 0.6 is 11.6 Å². The van der Waals surface area contributed by atoms with Crippen LogP contribution in [0.4, 0.5) is 4.39 Å². The third-order valence-corrected chi connectivity index (χ3v) is 3.12. The lowest BCUT2D eigenvalue weighted by atomic mass is 10.0. The summed E-state index contributed by atoms with van der Waals surface area (Å²) < 4.78 is 19.0. The van der Waals surface area contributed by atoms with E-state index in [0.29, 0.717) is 0 Å². The van der Waals surface area contributed by atoms with Crippen molar-refractivity contribution in [1.82, 2.24) is 5.32 Å². The van der Waals surface area contributed by atoms with Crippen molar-refractivity contribution in [3.8, 4) is 0 Å². The van der Waals surface area contributed by atoms with Crippen LogP contribution in [-0.2, 0) is 4.74 Å². The summed E-state index contributed by atoms with van der Waals surface area (Å²) in [5.74, 6) is 0.460. The van der Waals surface area contributed by atoms with E-state index in [2.05, 4.69) is 11.4 Å². The summed E-state index contributed by atoms with van der Waals surface area (Å²) in [6, 6.07) is 4.72. The van der Waals surface area contributed by atoms with E-state index in [1.807, 2.05) is 13.1 Å². The van der Waals surface area contributed by atoms with Gasteiger partial charge in [-0.05, 0) is 43.7 Å². The molecule has 0 radical (unpaired) electrons. The fourth-order valence-electron chi connectivity index (χ4n) is 1.94. The Balaban J connectivity index is 2.28. The maximum Gasteiger partial charge on any atom is 0.142 e.